The van der Waals surface area contributed by atoms with E-state index in [-0.39, 0.29) is 16.8 Å². The molecule has 0 aliphatic carbocycles. The molecule has 0 aromatic heterocycles. The van der Waals surface area contributed by atoms with Gasteiger partial charge in [0.2, 0.25) is 0 Å². The normalized spacial score (nSPS) is 7.75. The molecule has 0 N–H and O–H groups in total. The molecule has 9 radical (unpaired) electrons. The van der Waals surface area contributed by atoms with Crippen LogP contribution < -0.4 is 15.9 Å². The van der Waals surface area contributed by atoms with Crippen LogP contribution in [0.4, 0.5) is 0 Å². The van der Waals surface area contributed by atoms with Crippen molar-refractivity contribution in [3.63, 3.8) is 0 Å². The summed E-state index contributed by atoms with van der Waals surface area (Å²) in [6.07, 6.45) is 0. The van der Waals surface area contributed by atoms with Crippen LogP contribution in [-0.4, -0.2) is 27.2 Å². The van der Waals surface area contributed by atoms with Crippen LogP contribution in [0, 0.1) is 0 Å². The molecule has 0 unspecified atom stereocenters. The van der Waals surface area contributed by atoms with E-state index in [2.05, 4.69) is 118 Å². The summed E-state index contributed by atoms with van der Waals surface area (Å²) in [6.45, 7) is 18.0. The maximum atomic E-state index is 7.50. The molecule has 0 saturated heterocycles. The standard InChI is InChI=1S/C18H15P.4CO.Co/c1-4-10-16(11-5-1)19(17-12-6-2-7-13-17)18-14-8-3-9-15-18;4*1-2;/h1-15H;;;;;. The van der Waals surface area contributed by atoms with Gasteiger partial charge in [0.1, 0.15) is 0 Å². The molecule has 6 heteroatoms. The van der Waals surface area contributed by atoms with E-state index in [1.54, 1.807) is 0 Å². The minimum absolute atomic E-state index is 0. The number of rotatable bonds is 3. The van der Waals surface area contributed by atoms with Crippen LogP contribution in [0.2, 0.25) is 0 Å². The first-order valence-corrected chi connectivity index (χ1v) is 8.56. The summed E-state index contributed by atoms with van der Waals surface area (Å²) in [4.78, 5) is 30.0. The molecule has 3 aromatic carbocycles. The Kier molecular flexibility index (Phi) is 23.9. The van der Waals surface area contributed by atoms with Gasteiger partial charge in [-0.2, -0.15) is 0 Å². The van der Waals surface area contributed by atoms with Crippen molar-refractivity contribution in [3.8, 4) is 0 Å². The average Bonchev–Trinajstić information content (AvgIpc) is 2.82. The van der Waals surface area contributed by atoms with Crippen molar-refractivity contribution in [2.45, 2.75) is 0 Å². The van der Waals surface area contributed by atoms with Gasteiger partial charge in [-0.3, -0.25) is 19.2 Å². The van der Waals surface area contributed by atoms with E-state index in [4.69, 9.17) is 19.2 Å². The van der Waals surface area contributed by atoms with Gasteiger partial charge < -0.3 is 0 Å². The zero-order valence-electron chi connectivity index (χ0n) is 14.6. The molecule has 0 spiro atoms. The van der Waals surface area contributed by atoms with E-state index in [1.807, 2.05) is 0 Å². The van der Waals surface area contributed by atoms with Gasteiger partial charge >= 0.3 is 0 Å². The zero-order valence-corrected chi connectivity index (χ0v) is 16.5. The quantitative estimate of drug-likeness (QED) is 0.592. The first-order chi connectivity index (χ1) is 13.4. The van der Waals surface area contributed by atoms with Crippen molar-refractivity contribution in [2.75, 3.05) is 0 Å². The largest absolute Gasteiger partial charge is 0.281 e. The topological polar surface area (TPSA) is 68.3 Å². The molecule has 0 atom stereocenters. The zero-order chi connectivity index (χ0) is 20.9. The Balaban J connectivity index is -0.000000622. The predicted molar refractivity (Wildman–Crippen MR) is 108 cm³/mol. The predicted octanol–water partition coefficient (Wildman–Crippen LogP) is 1.85. The molecule has 28 heavy (non-hydrogen) atoms. The number of hydrogen-bond acceptors (Lipinski definition) is 4. The van der Waals surface area contributed by atoms with Gasteiger partial charge in [0.15, 0.2) is 0 Å². The Bertz CT molecular complexity index is 598. The smallest absolute Gasteiger partial charge is 0.281 e. The van der Waals surface area contributed by atoms with Gasteiger partial charge in [0.25, 0.3) is 27.2 Å². The third kappa shape index (κ3) is 10.4. The van der Waals surface area contributed by atoms with Crippen molar-refractivity contribution >= 4 is 51.0 Å². The van der Waals surface area contributed by atoms with Gasteiger partial charge in [-0.1, -0.05) is 91.0 Å². The second-order valence-electron chi connectivity index (χ2n) is 4.34. The molecule has 0 saturated carbocycles. The summed E-state index contributed by atoms with van der Waals surface area (Å²) in [7, 11) is -0.446. The van der Waals surface area contributed by atoms with Crippen molar-refractivity contribution in [3.05, 3.63) is 91.0 Å². The number of benzene rings is 3. The fraction of sp³-hybridized carbons (Fsp3) is 0. The van der Waals surface area contributed by atoms with Gasteiger partial charge in [0, 0.05) is 16.8 Å². The van der Waals surface area contributed by atoms with E-state index >= 15 is 0 Å². The van der Waals surface area contributed by atoms with Crippen LogP contribution >= 0.6 is 7.92 Å². The van der Waals surface area contributed by atoms with Crippen LogP contribution in [0.15, 0.2) is 91.0 Å². The van der Waals surface area contributed by atoms with Gasteiger partial charge in [-0.15, -0.1) is 0 Å². The van der Waals surface area contributed by atoms with Crippen molar-refractivity contribution < 1.29 is 36.0 Å². The van der Waals surface area contributed by atoms with E-state index in [1.165, 1.54) is 15.9 Å². The molecule has 0 amide bonds. The third-order valence-corrected chi connectivity index (χ3v) is 5.49. The Morgan fingerprint density at radius 1 is 0.393 bits per heavy atom. The van der Waals surface area contributed by atoms with Crippen molar-refractivity contribution in [2.24, 2.45) is 0 Å². The Hall–Kier alpha value is -2.72. The second-order valence-corrected chi connectivity index (χ2v) is 6.56. The molecule has 4 nitrogen and oxygen atoms in total. The molecule has 0 aliphatic rings. The second kappa shape index (κ2) is 22.3. The molecule has 3 aromatic rings. The summed E-state index contributed by atoms with van der Waals surface area (Å²) in [5.41, 5.74) is 0. The van der Waals surface area contributed by atoms with E-state index < -0.39 is 7.92 Å². The monoisotopic (exact) mass is 433 g/mol. The average molecular weight is 433 g/mol. The van der Waals surface area contributed by atoms with Crippen molar-refractivity contribution in [1.82, 2.24) is 0 Å². The number of carbonyl (C=O) groups excluding carboxylic acids is 4. The van der Waals surface area contributed by atoms with E-state index in [0.29, 0.717) is 0 Å². The molecule has 3 rings (SSSR count). The fourth-order valence-corrected chi connectivity index (χ4v) is 4.48. The van der Waals surface area contributed by atoms with Crippen LogP contribution in [0.1, 0.15) is 0 Å². The van der Waals surface area contributed by atoms with Gasteiger partial charge in [0.05, 0.1) is 0 Å². The van der Waals surface area contributed by atoms with Crippen molar-refractivity contribution in [1.29, 1.82) is 0 Å². The molecule has 0 aliphatic heterocycles. The summed E-state index contributed by atoms with van der Waals surface area (Å²) in [5.74, 6) is 0. The Morgan fingerprint density at radius 2 is 0.571 bits per heavy atom. The summed E-state index contributed by atoms with van der Waals surface area (Å²) in [5, 5.41) is 4.19. The maximum Gasteiger partial charge on any atom is 0.281 e. The number of hydrogen-bond donors (Lipinski definition) is 0. The van der Waals surface area contributed by atoms with Crippen LogP contribution in [0.5, 0.6) is 0 Å². The van der Waals surface area contributed by atoms with E-state index in [0.717, 1.165) is 0 Å². The first-order valence-electron chi connectivity index (χ1n) is 7.22. The summed E-state index contributed by atoms with van der Waals surface area (Å²) < 4.78 is 0. The molecule has 141 valence electrons. The minimum atomic E-state index is -0.446. The van der Waals surface area contributed by atoms with Crippen LogP contribution in [0.25, 0.3) is 0 Å². The third-order valence-electron chi connectivity index (χ3n) is 3.04. The molecule has 0 heterocycles. The van der Waals surface area contributed by atoms with E-state index in [9.17, 15) is 0 Å². The summed E-state index contributed by atoms with van der Waals surface area (Å²) >= 11 is 0. The fourth-order valence-electron chi connectivity index (χ4n) is 2.18. The minimum Gasteiger partial charge on any atom is -0.281 e. The first kappa shape index (κ1) is 30.0. The Morgan fingerprint density at radius 3 is 0.750 bits per heavy atom. The van der Waals surface area contributed by atoms with Crippen LogP contribution in [-0.2, 0) is 36.0 Å². The molecular weight excluding hydrogens is 418 g/mol. The Labute approximate surface area is 177 Å². The molecular formula is C22H15CoO4P. The maximum absolute atomic E-state index is 7.50. The summed E-state index contributed by atoms with van der Waals surface area (Å²) in [6, 6.07) is 32.3. The van der Waals surface area contributed by atoms with Gasteiger partial charge in [-0.05, 0) is 23.8 Å². The SMILES string of the molecule is [C]=O.[C]=O.[C]=O.[C]=O.[Co].c1ccc(P(c2ccccc2)c2ccccc2)cc1. The molecule has 0 fully saturated rings. The molecule has 0 bridgehead atoms. The van der Waals surface area contributed by atoms with Gasteiger partial charge in [-0.25, -0.2) is 0 Å². The van der Waals surface area contributed by atoms with Crippen LogP contribution in [0.3, 0.4) is 0 Å².